The molecule has 1 amide bonds. The van der Waals surface area contributed by atoms with Crippen LogP contribution in [0.3, 0.4) is 0 Å². The summed E-state index contributed by atoms with van der Waals surface area (Å²) >= 11 is 0. The summed E-state index contributed by atoms with van der Waals surface area (Å²) in [5.74, 6) is -0.147. The van der Waals surface area contributed by atoms with Gasteiger partial charge in [0.15, 0.2) is 5.43 Å². The van der Waals surface area contributed by atoms with Crippen molar-refractivity contribution in [2.45, 2.75) is 45.2 Å². The molecule has 2 heterocycles. The van der Waals surface area contributed by atoms with E-state index in [4.69, 9.17) is 0 Å². The van der Waals surface area contributed by atoms with Crippen molar-refractivity contribution in [1.82, 2.24) is 9.88 Å². The van der Waals surface area contributed by atoms with Gasteiger partial charge in [-0.1, -0.05) is 0 Å². The molecule has 1 N–H and O–H groups in total. The molecular weight excluding hydrogens is 216 g/mol. The number of likely N-dealkylation sites (tertiary alicyclic amines) is 1. The monoisotopic (exact) mass is 234 g/mol. The van der Waals surface area contributed by atoms with Gasteiger partial charge in [-0.3, -0.25) is 9.59 Å². The number of carbonyl (C=O) groups is 1. The normalized spacial score (nSPS) is 24.7. The molecule has 2 rings (SSSR count). The molecule has 2 atom stereocenters. The van der Waals surface area contributed by atoms with Crippen molar-refractivity contribution in [3.8, 4) is 0 Å². The number of carbonyl (C=O) groups excluding carboxylic acids is 1. The van der Waals surface area contributed by atoms with Crippen LogP contribution in [0.5, 0.6) is 0 Å². The molecule has 17 heavy (non-hydrogen) atoms. The fourth-order valence-corrected chi connectivity index (χ4v) is 2.54. The Morgan fingerprint density at radius 3 is 2.59 bits per heavy atom. The Balaban J connectivity index is 2.31. The van der Waals surface area contributed by atoms with Gasteiger partial charge in [0.2, 0.25) is 0 Å². The van der Waals surface area contributed by atoms with Crippen LogP contribution in [0.15, 0.2) is 23.3 Å². The van der Waals surface area contributed by atoms with Crippen molar-refractivity contribution in [3.63, 3.8) is 0 Å². The van der Waals surface area contributed by atoms with Crippen LogP contribution in [0.1, 0.15) is 43.5 Å². The zero-order valence-electron chi connectivity index (χ0n) is 10.3. The van der Waals surface area contributed by atoms with E-state index in [1.807, 2.05) is 18.7 Å². The summed E-state index contributed by atoms with van der Waals surface area (Å²) in [6.45, 7) is 4.09. The number of hydrogen-bond donors (Lipinski definition) is 1. The number of piperidine rings is 1. The molecule has 4 nitrogen and oxygen atoms in total. The largest absolute Gasteiger partial charge is 0.367 e. The Labute approximate surface area is 101 Å². The number of amides is 1. The first-order valence-electron chi connectivity index (χ1n) is 6.11. The predicted molar refractivity (Wildman–Crippen MR) is 66.0 cm³/mol. The maximum absolute atomic E-state index is 12.3. The lowest BCUT2D eigenvalue weighted by Gasteiger charge is -2.38. The van der Waals surface area contributed by atoms with Gasteiger partial charge in [0.25, 0.3) is 5.91 Å². The van der Waals surface area contributed by atoms with Gasteiger partial charge in [0, 0.05) is 30.5 Å². The van der Waals surface area contributed by atoms with E-state index in [0.717, 1.165) is 19.3 Å². The summed E-state index contributed by atoms with van der Waals surface area (Å²) in [4.78, 5) is 28.6. The summed E-state index contributed by atoms with van der Waals surface area (Å²) in [5, 5.41) is 0. The van der Waals surface area contributed by atoms with E-state index in [9.17, 15) is 9.59 Å². The maximum atomic E-state index is 12.3. The molecule has 92 valence electrons. The van der Waals surface area contributed by atoms with Crippen LogP contribution in [0, 0.1) is 0 Å². The van der Waals surface area contributed by atoms with Gasteiger partial charge < -0.3 is 9.88 Å². The minimum atomic E-state index is -0.210. The minimum Gasteiger partial charge on any atom is -0.367 e. The molecule has 1 fully saturated rings. The second-order valence-electron chi connectivity index (χ2n) is 4.76. The average molecular weight is 234 g/mol. The van der Waals surface area contributed by atoms with Gasteiger partial charge >= 0.3 is 0 Å². The predicted octanol–water partition coefficient (Wildman–Crippen LogP) is 1.78. The molecule has 1 aliphatic rings. The number of nitrogens with one attached hydrogen (secondary N) is 1. The average Bonchev–Trinajstić information content (AvgIpc) is 2.29. The van der Waals surface area contributed by atoms with E-state index in [1.54, 1.807) is 6.20 Å². The van der Waals surface area contributed by atoms with Crippen LogP contribution in [0.2, 0.25) is 0 Å². The number of H-pyrrole nitrogens is 1. The first kappa shape index (κ1) is 11.9. The second-order valence-corrected chi connectivity index (χ2v) is 4.76. The first-order valence-corrected chi connectivity index (χ1v) is 6.11. The molecule has 4 heteroatoms. The van der Waals surface area contributed by atoms with Crippen LogP contribution in [0.25, 0.3) is 0 Å². The maximum Gasteiger partial charge on any atom is 0.259 e. The van der Waals surface area contributed by atoms with Crippen LogP contribution in [-0.2, 0) is 0 Å². The van der Waals surface area contributed by atoms with Crippen LogP contribution < -0.4 is 5.43 Å². The van der Waals surface area contributed by atoms with Crippen molar-refractivity contribution < 1.29 is 4.79 Å². The van der Waals surface area contributed by atoms with Crippen molar-refractivity contribution in [2.24, 2.45) is 0 Å². The number of aromatic amines is 1. The standard InChI is InChI=1S/C13H18N2O2/c1-9-4-3-5-10(2)15(9)13(17)11-8-14-7-6-12(11)16/h6-10H,3-5H2,1-2H3,(H,14,16)/t9-,10+. The molecule has 0 bridgehead atoms. The smallest absolute Gasteiger partial charge is 0.259 e. The van der Waals surface area contributed by atoms with Crippen molar-refractivity contribution >= 4 is 5.91 Å². The SMILES string of the molecule is C[C@@H]1CCC[C@H](C)N1C(=O)c1c[nH]ccc1=O. The summed E-state index contributed by atoms with van der Waals surface area (Å²) in [7, 11) is 0. The molecule has 1 aliphatic heterocycles. The number of aromatic nitrogens is 1. The molecule has 1 aromatic heterocycles. The Morgan fingerprint density at radius 1 is 1.35 bits per heavy atom. The topological polar surface area (TPSA) is 53.2 Å². The number of rotatable bonds is 1. The van der Waals surface area contributed by atoms with E-state index in [-0.39, 0.29) is 29.0 Å². The third-order valence-corrected chi connectivity index (χ3v) is 3.48. The minimum absolute atomic E-state index is 0.147. The molecule has 0 saturated carbocycles. The van der Waals surface area contributed by atoms with E-state index in [0.29, 0.717) is 0 Å². The van der Waals surface area contributed by atoms with E-state index in [2.05, 4.69) is 4.98 Å². The quantitative estimate of drug-likeness (QED) is 0.805. The van der Waals surface area contributed by atoms with Crippen molar-refractivity contribution in [1.29, 1.82) is 0 Å². The number of pyridine rings is 1. The summed E-state index contributed by atoms with van der Waals surface area (Å²) in [6.07, 6.45) is 6.22. The van der Waals surface area contributed by atoms with Gasteiger partial charge in [-0.15, -0.1) is 0 Å². The fourth-order valence-electron chi connectivity index (χ4n) is 2.54. The van der Waals surface area contributed by atoms with Gasteiger partial charge in [-0.25, -0.2) is 0 Å². The fraction of sp³-hybridized carbons (Fsp3) is 0.538. The Hall–Kier alpha value is -1.58. The third kappa shape index (κ3) is 2.25. The Kier molecular flexibility index (Phi) is 3.31. The summed E-state index contributed by atoms with van der Waals surface area (Å²) < 4.78 is 0. The molecule has 0 aromatic carbocycles. The molecule has 1 aromatic rings. The summed E-state index contributed by atoms with van der Waals surface area (Å²) in [5.41, 5.74) is 0.0341. The highest BCUT2D eigenvalue weighted by atomic mass is 16.2. The van der Waals surface area contributed by atoms with Gasteiger partial charge in [0.1, 0.15) is 5.56 Å². The van der Waals surface area contributed by atoms with Gasteiger partial charge in [-0.2, -0.15) is 0 Å². The number of hydrogen-bond acceptors (Lipinski definition) is 2. The van der Waals surface area contributed by atoms with Crippen LogP contribution in [-0.4, -0.2) is 27.9 Å². The van der Waals surface area contributed by atoms with E-state index in [1.165, 1.54) is 12.3 Å². The molecular formula is C13H18N2O2. The highest BCUT2D eigenvalue weighted by Gasteiger charge is 2.30. The molecule has 1 saturated heterocycles. The summed E-state index contributed by atoms with van der Waals surface area (Å²) in [6, 6.07) is 1.82. The Morgan fingerprint density at radius 2 is 2.00 bits per heavy atom. The van der Waals surface area contributed by atoms with Crippen molar-refractivity contribution in [3.05, 3.63) is 34.2 Å². The van der Waals surface area contributed by atoms with Gasteiger partial charge in [0.05, 0.1) is 0 Å². The van der Waals surface area contributed by atoms with Crippen LogP contribution in [0.4, 0.5) is 0 Å². The van der Waals surface area contributed by atoms with E-state index < -0.39 is 0 Å². The lowest BCUT2D eigenvalue weighted by atomic mass is 9.96. The Bertz CT molecular complexity index is 456. The van der Waals surface area contributed by atoms with Crippen LogP contribution >= 0.6 is 0 Å². The molecule has 0 unspecified atom stereocenters. The highest BCUT2D eigenvalue weighted by Crippen LogP contribution is 2.23. The lowest BCUT2D eigenvalue weighted by Crippen LogP contribution is -2.48. The third-order valence-electron chi connectivity index (χ3n) is 3.48. The zero-order valence-corrected chi connectivity index (χ0v) is 10.3. The van der Waals surface area contributed by atoms with Gasteiger partial charge in [-0.05, 0) is 33.1 Å². The molecule has 0 spiro atoms. The number of nitrogens with zero attached hydrogens (tertiary/aromatic N) is 1. The molecule has 0 aliphatic carbocycles. The second kappa shape index (κ2) is 4.73. The molecule has 0 radical (unpaired) electrons. The first-order chi connectivity index (χ1) is 8.11. The van der Waals surface area contributed by atoms with E-state index >= 15 is 0 Å². The zero-order chi connectivity index (χ0) is 12.4. The van der Waals surface area contributed by atoms with Crippen molar-refractivity contribution in [2.75, 3.05) is 0 Å². The highest BCUT2D eigenvalue weighted by molar-refractivity contribution is 5.94. The lowest BCUT2D eigenvalue weighted by molar-refractivity contribution is 0.0509.